The van der Waals surface area contributed by atoms with Gasteiger partial charge in [-0.1, -0.05) is 25.1 Å². The minimum absolute atomic E-state index is 0.114. The van der Waals surface area contributed by atoms with Crippen LogP contribution in [0.25, 0.3) is 0 Å². The first-order valence-electron chi connectivity index (χ1n) is 5.79. The molecule has 2 rings (SSSR count). The summed E-state index contributed by atoms with van der Waals surface area (Å²) in [5, 5.41) is 2.76. The van der Waals surface area contributed by atoms with Crippen LogP contribution in [0, 0.1) is 0 Å². The maximum Gasteiger partial charge on any atom is 0.261 e. The van der Waals surface area contributed by atoms with Crippen molar-refractivity contribution in [3.63, 3.8) is 0 Å². The van der Waals surface area contributed by atoms with Gasteiger partial charge < -0.3 is 10.3 Å². The van der Waals surface area contributed by atoms with Gasteiger partial charge >= 0.3 is 0 Å². The largest absolute Gasteiger partial charge is 0.328 e. The van der Waals surface area contributed by atoms with Gasteiger partial charge in [0.05, 0.1) is 0 Å². The fourth-order valence-electron chi connectivity index (χ4n) is 1.74. The van der Waals surface area contributed by atoms with E-state index in [2.05, 4.69) is 10.3 Å². The topological polar surface area (TPSA) is 62.0 Å². The third kappa shape index (κ3) is 2.48. The molecule has 0 unspecified atom stereocenters. The molecule has 4 heteroatoms. The average molecular weight is 242 g/mol. The molecule has 1 aromatic heterocycles. The monoisotopic (exact) mass is 242 g/mol. The van der Waals surface area contributed by atoms with E-state index in [1.54, 1.807) is 6.07 Å². The molecule has 0 fully saturated rings. The highest BCUT2D eigenvalue weighted by Crippen LogP contribution is 2.15. The van der Waals surface area contributed by atoms with Crippen molar-refractivity contribution >= 4 is 11.6 Å². The van der Waals surface area contributed by atoms with Crippen LogP contribution >= 0.6 is 0 Å². The number of H-pyrrole nitrogens is 1. The Morgan fingerprint density at radius 2 is 2.00 bits per heavy atom. The lowest BCUT2D eigenvalue weighted by Gasteiger charge is -2.08. The van der Waals surface area contributed by atoms with Gasteiger partial charge in [0, 0.05) is 11.9 Å². The molecule has 0 radical (unpaired) electrons. The summed E-state index contributed by atoms with van der Waals surface area (Å²) >= 11 is 0. The van der Waals surface area contributed by atoms with E-state index >= 15 is 0 Å². The molecule has 0 spiro atoms. The van der Waals surface area contributed by atoms with Crippen LogP contribution in [0.2, 0.25) is 0 Å². The molecule has 1 heterocycles. The van der Waals surface area contributed by atoms with E-state index in [1.165, 1.54) is 12.3 Å². The number of amides is 1. The number of anilines is 1. The Balaban J connectivity index is 2.27. The van der Waals surface area contributed by atoms with Gasteiger partial charge in [-0.05, 0) is 30.2 Å². The molecule has 4 nitrogen and oxygen atoms in total. The molecule has 2 aromatic rings. The molecule has 0 aliphatic rings. The molecule has 0 saturated heterocycles. The molecule has 18 heavy (non-hydrogen) atoms. The van der Waals surface area contributed by atoms with E-state index < -0.39 is 5.91 Å². The minimum Gasteiger partial charge on any atom is -0.328 e. The fourth-order valence-corrected chi connectivity index (χ4v) is 1.74. The number of hydrogen-bond acceptors (Lipinski definition) is 2. The lowest BCUT2D eigenvalue weighted by atomic mass is 10.1. The molecule has 0 atom stereocenters. The molecule has 0 saturated carbocycles. The van der Waals surface area contributed by atoms with Crippen molar-refractivity contribution < 1.29 is 4.79 Å². The molecule has 2 N–H and O–H groups in total. The minimum atomic E-state index is -0.391. The summed E-state index contributed by atoms with van der Waals surface area (Å²) in [5.74, 6) is -0.391. The lowest BCUT2D eigenvalue weighted by Crippen LogP contribution is -2.22. The fraction of sp³-hybridized carbons (Fsp3) is 0.143. The number of hydrogen-bond donors (Lipinski definition) is 2. The number of benzene rings is 1. The highest BCUT2D eigenvalue weighted by atomic mass is 16.2. The third-order valence-electron chi connectivity index (χ3n) is 2.71. The standard InChI is InChI=1S/C14H14N2O2/c1-2-10-6-3-4-8-12(10)16-14(18)11-7-5-9-15-13(11)17/h3-9H,2H2,1H3,(H,15,17)(H,16,18). The number of nitrogens with one attached hydrogen (secondary N) is 2. The Bertz CT molecular complexity index is 617. The SMILES string of the molecule is CCc1ccccc1NC(=O)c1ccc[nH]c1=O. The number of aromatic nitrogens is 1. The molecule has 1 aromatic carbocycles. The maximum absolute atomic E-state index is 12.0. The molecule has 0 aliphatic carbocycles. The van der Waals surface area contributed by atoms with E-state index in [0.717, 1.165) is 17.7 Å². The van der Waals surface area contributed by atoms with Gasteiger partial charge in [0.15, 0.2) is 0 Å². The van der Waals surface area contributed by atoms with Crippen LogP contribution in [0.4, 0.5) is 5.69 Å². The molecule has 1 amide bonds. The van der Waals surface area contributed by atoms with Gasteiger partial charge in [-0.2, -0.15) is 0 Å². The highest BCUT2D eigenvalue weighted by molar-refractivity contribution is 6.04. The highest BCUT2D eigenvalue weighted by Gasteiger charge is 2.11. The predicted octanol–water partition coefficient (Wildman–Crippen LogP) is 2.19. The van der Waals surface area contributed by atoms with E-state index in [0.29, 0.717) is 0 Å². The van der Waals surface area contributed by atoms with Crippen LogP contribution < -0.4 is 10.9 Å². The summed E-state index contributed by atoms with van der Waals surface area (Å²) in [5.41, 5.74) is 1.51. The van der Waals surface area contributed by atoms with Crippen molar-refractivity contribution in [1.29, 1.82) is 0 Å². The number of para-hydroxylation sites is 1. The molecule has 0 bridgehead atoms. The zero-order valence-electron chi connectivity index (χ0n) is 10.1. The van der Waals surface area contributed by atoms with Crippen LogP contribution in [0.1, 0.15) is 22.8 Å². The normalized spacial score (nSPS) is 10.1. The zero-order chi connectivity index (χ0) is 13.0. The second-order valence-corrected chi connectivity index (χ2v) is 3.88. The summed E-state index contributed by atoms with van der Waals surface area (Å²) in [6.07, 6.45) is 2.32. The van der Waals surface area contributed by atoms with Crippen LogP contribution in [-0.4, -0.2) is 10.9 Å². The van der Waals surface area contributed by atoms with E-state index in [9.17, 15) is 9.59 Å². The van der Waals surface area contributed by atoms with Gasteiger partial charge in [0.25, 0.3) is 11.5 Å². The molecular formula is C14H14N2O2. The second kappa shape index (κ2) is 5.31. The van der Waals surface area contributed by atoms with E-state index in [1.807, 2.05) is 31.2 Å². The Kier molecular flexibility index (Phi) is 3.57. The first-order chi connectivity index (χ1) is 8.72. The Labute approximate surface area is 105 Å². The van der Waals surface area contributed by atoms with Crippen molar-refractivity contribution in [2.75, 3.05) is 5.32 Å². The van der Waals surface area contributed by atoms with Crippen molar-refractivity contribution in [2.45, 2.75) is 13.3 Å². The lowest BCUT2D eigenvalue weighted by molar-refractivity contribution is 0.102. The van der Waals surface area contributed by atoms with Crippen LogP contribution in [0.15, 0.2) is 47.4 Å². The molecule has 92 valence electrons. The smallest absolute Gasteiger partial charge is 0.261 e. The number of aryl methyl sites for hydroxylation is 1. The maximum atomic E-state index is 12.0. The summed E-state index contributed by atoms with van der Waals surface area (Å²) < 4.78 is 0. The average Bonchev–Trinajstić information content (AvgIpc) is 2.39. The van der Waals surface area contributed by atoms with E-state index in [-0.39, 0.29) is 11.1 Å². The molecule has 0 aliphatic heterocycles. The second-order valence-electron chi connectivity index (χ2n) is 3.88. The first kappa shape index (κ1) is 12.1. The van der Waals surface area contributed by atoms with Gasteiger partial charge in [0.1, 0.15) is 5.56 Å². The summed E-state index contributed by atoms with van der Waals surface area (Å²) in [6, 6.07) is 10.7. The predicted molar refractivity (Wildman–Crippen MR) is 70.8 cm³/mol. The Morgan fingerprint density at radius 1 is 1.22 bits per heavy atom. The number of rotatable bonds is 3. The van der Waals surface area contributed by atoms with Gasteiger partial charge in [-0.3, -0.25) is 9.59 Å². The van der Waals surface area contributed by atoms with E-state index in [4.69, 9.17) is 0 Å². The summed E-state index contributed by atoms with van der Waals surface area (Å²) in [7, 11) is 0. The summed E-state index contributed by atoms with van der Waals surface area (Å²) in [6.45, 7) is 2.01. The zero-order valence-corrected chi connectivity index (χ0v) is 10.1. The molecular weight excluding hydrogens is 228 g/mol. The van der Waals surface area contributed by atoms with Crippen molar-refractivity contribution in [1.82, 2.24) is 4.98 Å². The van der Waals surface area contributed by atoms with Crippen molar-refractivity contribution in [3.05, 3.63) is 64.1 Å². The number of aromatic amines is 1. The third-order valence-corrected chi connectivity index (χ3v) is 2.71. The van der Waals surface area contributed by atoms with Gasteiger partial charge in [-0.25, -0.2) is 0 Å². The van der Waals surface area contributed by atoms with Crippen LogP contribution in [-0.2, 0) is 6.42 Å². The number of carbonyl (C=O) groups is 1. The van der Waals surface area contributed by atoms with Gasteiger partial charge in [0.2, 0.25) is 0 Å². The van der Waals surface area contributed by atoms with Crippen LogP contribution in [0.3, 0.4) is 0 Å². The van der Waals surface area contributed by atoms with Crippen molar-refractivity contribution in [2.24, 2.45) is 0 Å². The van der Waals surface area contributed by atoms with Gasteiger partial charge in [-0.15, -0.1) is 0 Å². The first-order valence-corrected chi connectivity index (χ1v) is 5.79. The Hall–Kier alpha value is -2.36. The number of carbonyl (C=O) groups excluding carboxylic acids is 1. The Morgan fingerprint density at radius 3 is 2.72 bits per heavy atom. The van der Waals surface area contributed by atoms with Crippen molar-refractivity contribution in [3.8, 4) is 0 Å². The van der Waals surface area contributed by atoms with Crippen LogP contribution in [0.5, 0.6) is 0 Å². The summed E-state index contributed by atoms with van der Waals surface area (Å²) in [4.78, 5) is 25.9. The number of pyridine rings is 1. The quantitative estimate of drug-likeness (QED) is 0.866.